The molecule has 0 aliphatic carbocycles. The zero-order chi connectivity index (χ0) is 12.7. The Morgan fingerprint density at radius 1 is 1.17 bits per heavy atom. The molecule has 0 unspecified atom stereocenters. The molecule has 1 atom stereocenters. The average Bonchev–Trinajstić information content (AvgIpc) is 2.38. The summed E-state index contributed by atoms with van der Waals surface area (Å²) in [4.78, 5) is 2.31. The third-order valence-electron chi connectivity index (χ3n) is 3.12. The molecule has 0 heterocycles. The van der Waals surface area contributed by atoms with Crippen LogP contribution in [-0.4, -0.2) is 24.8 Å². The monoisotopic (exact) mass is 272 g/mol. The van der Waals surface area contributed by atoms with Gasteiger partial charge in [0.25, 0.3) is 0 Å². The van der Waals surface area contributed by atoms with Crippen LogP contribution in [0.3, 0.4) is 0 Å². The van der Waals surface area contributed by atoms with E-state index in [1.807, 2.05) is 0 Å². The number of aliphatic hydroxyl groups excluding tert-OH is 1. The minimum Gasteiger partial charge on any atom is -0.396 e. The maximum Gasteiger partial charge on any atom is 0.0431 e. The van der Waals surface area contributed by atoms with E-state index in [9.17, 15) is 0 Å². The Morgan fingerprint density at radius 2 is 1.72 bits per heavy atom. The summed E-state index contributed by atoms with van der Waals surface area (Å²) in [6, 6.07) is 8.47. The zero-order valence-electron chi connectivity index (χ0n) is 11.3. The minimum absolute atomic E-state index is 0. The quantitative estimate of drug-likeness (QED) is 0.802. The molecule has 104 valence electrons. The van der Waals surface area contributed by atoms with Crippen LogP contribution >= 0.6 is 12.4 Å². The molecule has 0 bridgehead atoms. The summed E-state index contributed by atoms with van der Waals surface area (Å²) >= 11 is 0. The Morgan fingerprint density at radius 3 is 2.17 bits per heavy atom. The fourth-order valence-electron chi connectivity index (χ4n) is 2.00. The van der Waals surface area contributed by atoms with Crippen LogP contribution in [0.15, 0.2) is 24.3 Å². The van der Waals surface area contributed by atoms with Crippen LogP contribution in [0, 0.1) is 0 Å². The van der Waals surface area contributed by atoms with Gasteiger partial charge in [0.05, 0.1) is 0 Å². The van der Waals surface area contributed by atoms with Gasteiger partial charge in [0.2, 0.25) is 0 Å². The molecule has 4 heteroatoms. The Bertz CT molecular complexity index is 312. The molecule has 0 amide bonds. The van der Waals surface area contributed by atoms with Crippen LogP contribution in [0.4, 0.5) is 5.69 Å². The van der Waals surface area contributed by atoms with Crippen molar-refractivity contribution < 1.29 is 5.11 Å². The van der Waals surface area contributed by atoms with Crippen LogP contribution in [0.5, 0.6) is 0 Å². The van der Waals surface area contributed by atoms with E-state index in [0.29, 0.717) is 0 Å². The van der Waals surface area contributed by atoms with E-state index in [1.54, 1.807) is 0 Å². The van der Waals surface area contributed by atoms with Gasteiger partial charge in [-0.15, -0.1) is 12.4 Å². The SMILES string of the molecule is CCN(CC)c1ccc([C@H](N)CCCO)cc1.Cl. The van der Waals surface area contributed by atoms with E-state index in [1.165, 1.54) is 5.69 Å². The Hall–Kier alpha value is -0.770. The third-order valence-corrected chi connectivity index (χ3v) is 3.12. The molecule has 0 aliphatic rings. The van der Waals surface area contributed by atoms with E-state index < -0.39 is 0 Å². The molecule has 1 aromatic rings. The van der Waals surface area contributed by atoms with E-state index in [-0.39, 0.29) is 25.1 Å². The van der Waals surface area contributed by atoms with E-state index in [0.717, 1.165) is 31.5 Å². The van der Waals surface area contributed by atoms with Crippen molar-refractivity contribution in [1.82, 2.24) is 0 Å². The van der Waals surface area contributed by atoms with Gasteiger partial charge >= 0.3 is 0 Å². The summed E-state index contributed by atoms with van der Waals surface area (Å²) in [5.74, 6) is 0. The molecule has 0 saturated carbocycles. The van der Waals surface area contributed by atoms with Crippen LogP contribution in [0.25, 0.3) is 0 Å². The highest BCUT2D eigenvalue weighted by molar-refractivity contribution is 5.85. The largest absolute Gasteiger partial charge is 0.396 e. The molecule has 1 rings (SSSR count). The number of nitrogens with two attached hydrogens (primary N) is 1. The average molecular weight is 273 g/mol. The lowest BCUT2D eigenvalue weighted by Crippen LogP contribution is -2.21. The second-order valence-electron chi connectivity index (χ2n) is 4.24. The van der Waals surface area contributed by atoms with Gasteiger partial charge in [-0.2, -0.15) is 0 Å². The first kappa shape index (κ1) is 17.2. The van der Waals surface area contributed by atoms with Gasteiger partial charge < -0.3 is 15.7 Å². The Balaban J connectivity index is 0.00000289. The maximum absolute atomic E-state index is 8.78. The van der Waals surface area contributed by atoms with Crippen LogP contribution in [0.1, 0.15) is 38.3 Å². The van der Waals surface area contributed by atoms with Crippen LogP contribution in [0.2, 0.25) is 0 Å². The van der Waals surface area contributed by atoms with Gasteiger partial charge in [-0.25, -0.2) is 0 Å². The van der Waals surface area contributed by atoms with Gasteiger partial charge in [0.15, 0.2) is 0 Å². The fraction of sp³-hybridized carbons (Fsp3) is 0.571. The summed E-state index contributed by atoms with van der Waals surface area (Å²) in [5, 5.41) is 8.78. The zero-order valence-corrected chi connectivity index (χ0v) is 12.1. The first-order valence-electron chi connectivity index (χ1n) is 6.44. The van der Waals surface area contributed by atoms with Crippen molar-refractivity contribution in [3.8, 4) is 0 Å². The van der Waals surface area contributed by atoms with Crippen molar-refractivity contribution in [2.75, 3.05) is 24.6 Å². The topological polar surface area (TPSA) is 49.5 Å². The summed E-state index contributed by atoms with van der Waals surface area (Å²) in [7, 11) is 0. The smallest absolute Gasteiger partial charge is 0.0431 e. The van der Waals surface area contributed by atoms with Crippen molar-refractivity contribution in [2.45, 2.75) is 32.7 Å². The van der Waals surface area contributed by atoms with Crippen LogP contribution in [-0.2, 0) is 0 Å². The molecule has 18 heavy (non-hydrogen) atoms. The molecule has 0 radical (unpaired) electrons. The second-order valence-corrected chi connectivity index (χ2v) is 4.24. The molecule has 0 aliphatic heterocycles. The third kappa shape index (κ3) is 4.84. The highest BCUT2D eigenvalue weighted by Gasteiger charge is 2.06. The molecule has 1 aromatic carbocycles. The molecular weight excluding hydrogens is 248 g/mol. The number of aliphatic hydroxyl groups is 1. The highest BCUT2D eigenvalue weighted by Crippen LogP contribution is 2.20. The molecular formula is C14H25ClN2O. The lowest BCUT2D eigenvalue weighted by atomic mass is 10.0. The number of halogens is 1. The normalized spacial score (nSPS) is 11.8. The fourth-order valence-corrected chi connectivity index (χ4v) is 2.00. The lowest BCUT2D eigenvalue weighted by Gasteiger charge is -2.21. The van der Waals surface area contributed by atoms with Gasteiger partial charge in [-0.3, -0.25) is 0 Å². The Labute approximate surface area is 116 Å². The molecule has 3 nitrogen and oxygen atoms in total. The van der Waals surface area contributed by atoms with Gasteiger partial charge in [-0.05, 0) is 44.4 Å². The number of hydrogen-bond acceptors (Lipinski definition) is 3. The number of hydrogen-bond donors (Lipinski definition) is 2. The van der Waals surface area contributed by atoms with Gasteiger partial charge in [0, 0.05) is 31.4 Å². The number of anilines is 1. The summed E-state index contributed by atoms with van der Waals surface area (Å²) < 4.78 is 0. The predicted molar refractivity (Wildman–Crippen MR) is 80.5 cm³/mol. The van der Waals surface area contributed by atoms with Crippen molar-refractivity contribution >= 4 is 18.1 Å². The summed E-state index contributed by atoms with van der Waals surface area (Å²) in [5.41, 5.74) is 8.44. The van der Waals surface area contributed by atoms with E-state index in [2.05, 4.69) is 43.0 Å². The Kier molecular flexibility index (Phi) is 8.81. The maximum atomic E-state index is 8.78. The molecule has 0 saturated heterocycles. The molecule has 0 aromatic heterocycles. The first-order chi connectivity index (χ1) is 8.22. The van der Waals surface area contributed by atoms with Crippen molar-refractivity contribution in [1.29, 1.82) is 0 Å². The predicted octanol–water partition coefficient (Wildman–Crippen LogP) is 2.73. The molecule has 0 spiro atoms. The summed E-state index contributed by atoms with van der Waals surface area (Å²) in [6.07, 6.45) is 1.60. The lowest BCUT2D eigenvalue weighted by molar-refractivity contribution is 0.280. The van der Waals surface area contributed by atoms with Gasteiger partial charge in [0.1, 0.15) is 0 Å². The standard InChI is InChI=1S/C14H24N2O.ClH/c1-3-16(4-2)13-9-7-12(8-10-13)14(15)6-5-11-17;/h7-10,14,17H,3-6,11,15H2,1-2H3;1H/t14-;/m1./s1. The van der Waals surface area contributed by atoms with Crippen LogP contribution < -0.4 is 10.6 Å². The summed E-state index contributed by atoms with van der Waals surface area (Å²) in [6.45, 7) is 6.57. The van der Waals surface area contributed by atoms with E-state index >= 15 is 0 Å². The highest BCUT2D eigenvalue weighted by atomic mass is 35.5. The minimum atomic E-state index is 0. The number of rotatable bonds is 7. The molecule has 0 fully saturated rings. The van der Waals surface area contributed by atoms with E-state index in [4.69, 9.17) is 10.8 Å². The van der Waals surface area contributed by atoms with Gasteiger partial charge in [-0.1, -0.05) is 12.1 Å². The number of nitrogens with zero attached hydrogens (tertiary/aromatic N) is 1. The van der Waals surface area contributed by atoms with Crippen molar-refractivity contribution in [2.24, 2.45) is 5.73 Å². The first-order valence-corrected chi connectivity index (χ1v) is 6.44. The number of benzene rings is 1. The van der Waals surface area contributed by atoms with Crippen molar-refractivity contribution in [3.05, 3.63) is 29.8 Å². The second kappa shape index (κ2) is 9.20. The molecule has 3 N–H and O–H groups in total. The van der Waals surface area contributed by atoms with Crippen molar-refractivity contribution in [3.63, 3.8) is 0 Å².